The summed E-state index contributed by atoms with van der Waals surface area (Å²) in [6.07, 6.45) is 14.5. The van der Waals surface area contributed by atoms with Gasteiger partial charge in [-0.1, -0.05) is 38.5 Å². The fraction of sp³-hybridized carbons (Fsp3) is 0.941. The average Bonchev–Trinajstić information content (AvgIpc) is 2.94. The van der Waals surface area contributed by atoms with Crippen molar-refractivity contribution in [3.63, 3.8) is 0 Å². The van der Waals surface area contributed by atoms with Crippen LogP contribution in [-0.2, 0) is 4.79 Å². The molecule has 3 fully saturated rings. The van der Waals surface area contributed by atoms with Crippen molar-refractivity contribution in [2.45, 2.75) is 77.0 Å². The van der Waals surface area contributed by atoms with Crippen LogP contribution in [0.1, 0.15) is 77.0 Å². The Balaban J connectivity index is 1.70. The first-order chi connectivity index (χ1) is 9.20. The van der Waals surface area contributed by atoms with Crippen LogP contribution in [0.25, 0.3) is 0 Å². The molecule has 2 nitrogen and oxygen atoms in total. The van der Waals surface area contributed by atoms with E-state index in [-0.39, 0.29) is 5.41 Å². The number of carboxylic acids is 1. The minimum absolute atomic E-state index is 0.366. The Morgan fingerprint density at radius 1 is 1.00 bits per heavy atom. The zero-order chi connectivity index (χ0) is 13.3. The molecule has 0 aromatic rings. The van der Waals surface area contributed by atoms with Gasteiger partial charge in [0.15, 0.2) is 0 Å². The van der Waals surface area contributed by atoms with Crippen LogP contribution in [0.4, 0.5) is 0 Å². The van der Waals surface area contributed by atoms with E-state index in [1.54, 1.807) is 0 Å². The number of rotatable bonds is 3. The second-order valence-corrected chi connectivity index (χ2v) is 7.49. The molecule has 2 heteroatoms. The summed E-state index contributed by atoms with van der Waals surface area (Å²) < 4.78 is 0. The fourth-order valence-corrected chi connectivity index (χ4v) is 5.22. The predicted octanol–water partition coefficient (Wildman–Crippen LogP) is 4.63. The van der Waals surface area contributed by atoms with Crippen LogP contribution in [0.2, 0.25) is 0 Å². The predicted molar refractivity (Wildman–Crippen MR) is 75.9 cm³/mol. The summed E-state index contributed by atoms with van der Waals surface area (Å²) in [4.78, 5) is 11.9. The molecule has 1 N–H and O–H groups in total. The Labute approximate surface area is 117 Å². The molecule has 0 heterocycles. The van der Waals surface area contributed by atoms with Gasteiger partial charge in [-0.3, -0.25) is 4.79 Å². The van der Waals surface area contributed by atoms with Crippen molar-refractivity contribution < 1.29 is 9.90 Å². The second-order valence-electron chi connectivity index (χ2n) is 7.49. The molecule has 3 rings (SSSR count). The highest BCUT2D eigenvalue weighted by atomic mass is 16.4. The fourth-order valence-electron chi connectivity index (χ4n) is 5.22. The molecule has 108 valence electrons. The molecule has 2 bridgehead atoms. The molecule has 19 heavy (non-hydrogen) atoms. The maximum Gasteiger partial charge on any atom is 0.309 e. The van der Waals surface area contributed by atoms with Crippen molar-refractivity contribution in [2.24, 2.45) is 23.2 Å². The standard InChI is InChI=1S/C17H28O2/c18-16(19)17(8-4-2-1-3-5-9-17)12-15-11-13-6-7-14(15)10-13/h13-15H,1-12H2,(H,18,19). The zero-order valence-electron chi connectivity index (χ0n) is 12.1. The lowest BCUT2D eigenvalue weighted by Gasteiger charge is -2.36. The third-order valence-corrected chi connectivity index (χ3v) is 6.30. The van der Waals surface area contributed by atoms with Gasteiger partial charge in [0.25, 0.3) is 0 Å². The molecule has 3 saturated carbocycles. The third-order valence-electron chi connectivity index (χ3n) is 6.30. The van der Waals surface area contributed by atoms with Crippen LogP contribution in [0.15, 0.2) is 0 Å². The molecular weight excluding hydrogens is 236 g/mol. The molecule has 0 aromatic carbocycles. The summed E-state index contributed by atoms with van der Waals surface area (Å²) in [5.74, 6) is 2.05. The smallest absolute Gasteiger partial charge is 0.309 e. The van der Waals surface area contributed by atoms with Crippen molar-refractivity contribution in [2.75, 3.05) is 0 Å². The molecule has 0 radical (unpaired) electrons. The number of aliphatic carboxylic acids is 1. The summed E-state index contributed by atoms with van der Waals surface area (Å²) >= 11 is 0. The van der Waals surface area contributed by atoms with Gasteiger partial charge in [0.05, 0.1) is 5.41 Å². The van der Waals surface area contributed by atoms with Gasteiger partial charge >= 0.3 is 5.97 Å². The number of hydrogen-bond donors (Lipinski definition) is 1. The molecule has 0 amide bonds. The Bertz CT molecular complexity index is 328. The van der Waals surface area contributed by atoms with Gasteiger partial charge in [-0.25, -0.2) is 0 Å². The lowest BCUT2D eigenvalue weighted by Crippen LogP contribution is -2.35. The SMILES string of the molecule is O=C(O)C1(CC2CC3CCC2C3)CCCCCCC1. The first-order valence-corrected chi connectivity index (χ1v) is 8.43. The maximum absolute atomic E-state index is 11.9. The first kappa shape index (κ1) is 13.5. The highest BCUT2D eigenvalue weighted by molar-refractivity contribution is 5.74. The number of fused-ring (bicyclic) bond motifs is 2. The van der Waals surface area contributed by atoms with Crippen molar-refractivity contribution in [1.29, 1.82) is 0 Å². The molecule has 0 aromatic heterocycles. The summed E-state index contributed by atoms with van der Waals surface area (Å²) in [6, 6.07) is 0. The quantitative estimate of drug-likeness (QED) is 0.807. The van der Waals surface area contributed by atoms with E-state index in [1.807, 2.05) is 0 Å². The summed E-state index contributed by atoms with van der Waals surface area (Å²) in [5.41, 5.74) is -0.366. The van der Waals surface area contributed by atoms with Gasteiger partial charge < -0.3 is 5.11 Å². The lowest BCUT2D eigenvalue weighted by atomic mass is 9.68. The van der Waals surface area contributed by atoms with Crippen LogP contribution < -0.4 is 0 Å². The van der Waals surface area contributed by atoms with E-state index < -0.39 is 5.97 Å². The molecule has 3 unspecified atom stereocenters. The third kappa shape index (κ3) is 2.68. The van der Waals surface area contributed by atoms with Crippen molar-refractivity contribution in [3.05, 3.63) is 0 Å². The highest BCUT2D eigenvalue weighted by Gasteiger charge is 2.46. The number of carboxylic acid groups (broad SMARTS) is 1. The Morgan fingerprint density at radius 3 is 2.21 bits per heavy atom. The maximum atomic E-state index is 11.9. The average molecular weight is 264 g/mol. The molecule has 0 aliphatic heterocycles. The molecule has 3 aliphatic rings. The molecule has 3 atom stereocenters. The molecule has 0 spiro atoms. The van der Waals surface area contributed by atoms with Crippen LogP contribution in [0.5, 0.6) is 0 Å². The van der Waals surface area contributed by atoms with E-state index in [4.69, 9.17) is 0 Å². The zero-order valence-corrected chi connectivity index (χ0v) is 12.1. The second kappa shape index (κ2) is 5.46. The summed E-state index contributed by atoms with van der Waals surface area (Å²) in [6.45, 7) is 0. The minimum atomic E-state index is -0.489. The van der Waals surface area contributed by atoms with E-state index in [1.165, 1.54) is 44.9 Å². The topological polar surface area (TPSA) is 37.3 Å². The van der Waals surface area contributed by atoms with Crippen LogP contribution in [0, 0.1) is 23.2 Å². The Kier molecular flexibility index (Phi) is 3.86. The van der Waals surface area contributed by atoms with Crippen LogP contribution in [-0.4, -0.2) is 11.1 Å². The van der Waals surface area contributed by atoms with Gasteiger partial charge in [0, 0.05) is 0 Å². The molecule has 0 saturated heterocycles. The van der Waals surface area contributed by atoms with E-state index in [0.717, 1.165) is 49.9 Å². The Hall–Kier alpha value is -0.530. The van der Waals surface area contributed by atoms with Crippen molar-refractivity contribution in [3.8, 4) is 0 Å². The van der Waals surface area contributed by atoms with E-state index in [2.05, 4.69) is 0 Å². The van der Waals surface area contributed by atoms with Crippen LogP contribution in [0.3, 0.4) is 0 Å². The summed E-state index contributed by atoms with van der Waals surface area (Å²) in [7, 11) is 0. The Morgan fingerprint density at radius 2 is 1.68 bits per heavy atom. The first-order valence-electron chi connectivity index (χ1n) is 8.43. The monoisotopic (exact) mass is 264 g/mol. The van der Waals surface area contributed by atoms with Gasteiger partial charge in [-0.05, 0) is 56.3 Å². The van der Waals surface area contributed by atoms with E-state index in [9.17, 15) is 9.90 Å². The van der Waals surface area contributed by atoms with Crippen molar-refractivity contribution >= 4 is 5.97 Å². The normalized spacial score (nSPS) is 37.8. The van der Waals surface area contributed by atoms with Gasteiger partial charge in [-0.15, -0.1) is 0 Å². The van der Waals surface area contributed by atoms with Gasteiger partial charge in [-0.2, -0.15) is 0 Å². The van der Waals surface area contributed by atoms with E-state index >= 15 is 0 Å². The van der Waals surface area contributed by atoms with Crippen LogP contribution >= 0.6 is 0 Å². The largest absolute Gasteiger partial charge is 0.481 e. The lowest BCUT2D eigenvalue weighted by molar-refractivity contribution is -0.152. The van der Waals surface area contributed by atoms with Gasteiger partial charge in [0.1, 0.15) is 0 Å². The molecular formula is C17H28O2. The summed E-state index contributed by atoms with van der Waals surface area (Å²) in [5, 5.41) is 9.84. The molecule has 3 aliphatic carbocycles. The minimum Gasteiger partial charge on any atom is -0.481 e. The van der Waals surface area contributed by atoms with Gasteiger partial charge in [0.2, 0.25) is 0 Å². The van der Waals surface area contributed by atoms with E-state index in [0.29, 0.717) is 0 Å². The highest BCUT2D eigenvalue weighted by Crippen LogP contribution is 2.53. The number of carbonyl (C=O) groups is 1. The van der Waals surface area contributed by atoms with Crippen molar-refractivity contribution in [1.82, 2.24) is 0 Å². The number of hydrogen-bond acceptors (Lipinski definition) is 1.